The van der Waals surface area contributed by atoms with E-state index in [1.165, 1.54) is 6.92 Å². The van der Waals surface area contributed by atoms with Crippen LogP contribution in [0.2, 0.25) is 0 Å². The first kappa shape index (κ1) is 15.3. The molecule has 6 nitrogen and oxygen atoms in total. The molecule has 0 spiro atoms. The average Bonchev–Trinajstić information content (AvgIpc) is 2.34. The molecule has 0 aliphatic rings. The summed E-state index contributed by atoms with van der Waals surface area (Å²) in [7, 11) is 3.79. The molecular formula is C13H21N4O2+. The van der Waals surface area contributed by atoms with Crippen LogP contribution in [0.4, 0.5) is 5.82 Å². The third-order valence-electron chi connectivity index (χ3n) is 2.65. The predicted octanol–water partition coefficient (Wildman–Crippen LogP) is -0.564. The number of carbonyl (C=O) groups excluding carboxylic acids is 2. The first-order chi connectivity index (χ1) is 8.91. The summed E-state index contributed by atoms with van der Waals surface area (Å²) in [6.45, 7) is 3.92. The SMILES string of the molecule is CC(=O)[NH+](NC(=O)CCN(C)C)c1ncccc1C. The van der Waals surface area contributed by atoms with Gasteiger partial charge in [0, 0.05) is 24.7 Å². The summed E-state index contributed by atoms with van der Waals surface area (Å²) in [6, 6.07) is 3.65. The zero-order chi connectivity index (χ0) is 14.4. The molecule has 2 amide bonds. The van der Waals surface area contributed by atoms with Crippen molar-refractivity contribution in [2.24, 2.45) is 0 Å². The third-order valence-corrected chi connectivity index (χ3v) is 2.65. The highest BCUT2D eigenvalue weighted by Crippen LogP contribution is 2.03. The lowest BCUT2D eigenvalue weighted by Crippen LogP contribution is -3.17. The molecule has 0 fully saturated rings. The fourth-order valence-corrected chi connectivity index (χ4v) is 1.59. The second-order valence-electron chi connectivity index (χ2n) is 4.70. The average molecular weight is 265 g/mol. The van der Waals surface area contributed by atoms with Gasteiger partial charge in [0.25, 0.3) is 11.7 Å². The second-order valence-corrected chi connectivity index (χ2v) is 4.70. The molecule has 1 atom stereocenters. The maximum Gasteiger partial charge on any atom is 0.339 e. The van der Waals surface area contributed by atoms with Crippen LogP contribution in [0.5, 0.6) is 0 Å². The van der Waals surface area contributed by atoms with E-state index in [9.17, 15) is 9.59 Å². The number of pyridine rings is 1. The van der Waals surface area contributed by atoms with E-state index in [1.807, 2.05) is 32.0 Å². The number of nitrogens with one attached hydrogen (secondary N) is 2. The zero-order valence-corrected chi connectivity index (χ0v) is 11.9. The van der Waals surface area contributed by atoms with Crippen LogP contribution < -0.4 is 10.4 Å². The van der Waals surface area contributed by atoms with Crippen LogP contribution in [-0.4, -0.2) is 42.3 Å². The zero-order valence-electron chi connectivity index (χ0n) is 11.9. The standard InChI is InChI=1S/C13H20N4O2/c1-10-6-5-8-14-13(10)17(11(2)18)15-12(19)7-9-16(3)4/h5-6,8H,7,9H2,1-4H3,(H,15,19)/p+1. The van der Waals surface area contributed by atoms with E-state index in [-0.39, 0.29) is 16.8 Å². The highest BCUT2D eigenvalue weighted by Gasteiger charge is 2.24. The van der Waals surface area contributed by atoms with Crippen molar-refractivity contribution in [1.82, 2.24) is 15.3 Å². The van der Waals surface area contributed by atoms with Crippen molar-refractivity contribution >= 4 is 17.6 Å². The minimum Gasteiger partial charge on any atom is -0.309 e. The van der Waals surface area contributed by atoms with Crippen LogP contribution in [0.1, 0.15) is 18.9 Å². The summed E-state index contributed by atoms with van der Waals surface area (Å²) >= 11 is 0. The Kier molecular flexibility index (Phi) is 5.59. The fourth-order valence-electron chi connectivity index (χ4n) is 1.59. The van der Waals surface area contributed by atoms with Crippen molar-refractivity contribution in [1.29, 1.82) is 0 Å². The Bertz CT molecular complexity index is 460. The van der Waals surface area contributed by atoms with Gasteiger partial charge in [0.1, 0.15) is 0 Å². The number of rotatable bonds is 4. The molecule has 0 saturated carbocycles. The third kappa shape index (κ3) is 4.76. The first-order valence-corrected chi connectivity index (χ1v) is 6.16. The van der Waals surface area contributed by atoms with Crippen LogP contribution in [0.15, 0.2) is 18.3 Å². The molecule has 1 aromatic heterocycles. The van der Waals surface area contributed by atoms with Gasteiger partial charge in [0.2, 0.25) is 0 Å². The van der Waals surface area contributed by atoms with E-state index in [2.05, 4.69) is 10.4 Å². The lowest BCUT2D eigenvalue weighted by molar-refractivity contribution is -0.792. The van der Waals surface area contributed by atoms with Crippen LogP contribution in [0, 0.1) is 6.92 Å². The quantitative estimate of drug-likeness (QED) is 0.716. The number of carbonyl (C=O) groups is 2. The molecule has 1 heterocycles. The molecule has 6 heteroatoms. The molecule has 1 aromatic rings. The minimum atomic E-state index is -0.194. The van der Waals surface area contributed by atoms with Gasteiger partial charge in [-0.1, -0.05) is 0 Å². The number of hydrogen-bond donors (Lipinski definition) is 2. The monoisotopic (exact) mass is 265 g/mol. The normalized spacial score (nSPS) is 12.3. The number of aryl methyl sites for hydroxylation is 1. The van der Waals surface area contributed by atoms with Crippen molar-refractivity contribution in [2.75, 3.05) is 20.6 Å². The lowest BCUT2D eigenvalue weighted by atomic mass is 10.3. The molecule has 1 unspecified atom stereocenters. The Morgan fingerprint density at radius 3 is 2.63 bits per heavy atom. The van der Waals surface area contributed by atoms with Crippen LogP contribution in [0.3, 0.4) is 0 Å². The molecule has 0 aromatic carbocycles. The molecule has 2 N–H and O–H groups in total. The van der Waals surface area contributed by atoms with Crippen molar-refractivity contribution in [3.8, 4) is 0 Å². The number of aromatic nitrogens is 1. The Balaban J connectivity index is 2.77. The van der Waals surface area contributed by atoms with Crippen LogP contribution >= 0.6 is 0 Å². The minimum absolute atomic E-state index is 0.177. The van der Waals surface area contributed by atoms with Gasteiger partial charge in [0.15, 0.2) is 0 Å². The van der Waals surface area contributed by atoms with Crippen LogP contribution in [0.25, 0.3) is 0 Å². The molecule has 0 aliphatic heterocycles. The summed E-state index contributed by atoms with van der Waals surface area (Å²) in [5, 5.41) is 0.266. The van der Waals surface area contributed by atoms with Gasteiger partial charge in [-0.15, -0.1) is 5.01 Å². The van der Waals surface area contributed by atoms with E-state index in [0.29, 0.717) is 18.8 Å². The van der Waals surface area contributed by atoms with E-state index in [1.54, 1.807) is 12.3 Å². The molecule has 0 bridgehead atoms. The van der Waals surface area contributed by atoms with Crippen LogP contribution in [-0.2, 0) is 9.59 Å². The summed E-state index contributed by atoms with van der Waals surface area (Å²) < 4.78 is 0. The highest BCUT2D eigenvalue weighted by molar-refractivity contribution is 5.77. The predicted molar refractivity (Wildman–Crippen MR) is 71.6 cm³/mol. The van der Waals surface area contributed by atoms with Crippen molar-refractivity contribution in [2.45, 2.75) is 20.3 Å². The van der Waals surface area contributed by atoms with Gasteiger partial charge in [-0.3, -0.25) is 4.79 Å². The number of hydrogen-bond acceptors (Lipinski definition) is 4. The molecule has 1 rings (SSSR count). The van der Waals surface area contributed by atoms with E-state index < -0.39 is 0 Å². The Morgan fingerprint density at radius 1 is 1.42 bits per heavy atom. The molecule has 104 valence electrons. The van der Waals surface area contributed by atoms with Gasteiger partial charge in [-0.05, 0) is 33.2 Å². The second kappa shape index (κ2) is 6.96. The van der Waals surface area contributed by atoms with Gasteiger partial charge in [0.05, 0.1) is 6.92 Å². The molecule has 0 saturated heterocycles. The summed E-state index contributed by atoms with van der Waals surface area (Å²) in [6.07, 6.45) is 1.95. The van der Waals surface area contributed by atoms with Gasteiger partial charge in [-0.2, -0.15) is 5.43 Å². The van der Waals surface area contributed by atoms with Crippen molar-refractivity contribution < 1.29 is 14.6 Å². The maximum absolute atomic E-state index is 11.8. The Hall–Kier alpha value is -1.79. The highest BCUT2D eigenvalue weighted by atomic mass is 16.2. The number of nitrogens with zero attached hydrogens (tertiary/aromatic N) is 2. The lowest BCUT2D eigenvalue weighted by Gasteiger charge is -2.16. The fraction of sp³-hybridized carbons (Fsp3) is 0.462. The topological polar surface area (TPSA) is 66.7 Å². The number of quaternary nitrogens is 1. The van der Waals surface area contributed by atoms with E-state index >= 15 is 0 Å². The van der Waals surface area contributed by atoms with E-state index in [4.69, 9.17) is 0 Å². The molecule has 19 heavy (non-hydrogen) atoms. The maximum atomic E-state index is 11.8. The smallest absolute Gasteiger partial charge is 0.309 e. The molecule has 0 radical (unpaired) electrons. The summed E-state index contributed by atoms with van der Waals surface area (Å²) in [5.41, 5.74) is 3.53. The first-order valence-electron chi connectivity index (χ1n) is 6.16. The summed E-state index contributed by atoms with van der Waals surface area (Å²) in [5.74, 6) is 0.164. The Labute approximate surface area is 113 Å². The molecule has 0 aliphatic carbocycles. The van der Waals surface area contributed by atoms with Gasteiger partial charge < -0.3 is 4.90 Å². The largest absolute Gasteiger partial charge is 0.339 e. The number of amides is 2. The summed E-state index contributed by atoms with van der Waals surface area (Å²) in [4.78, 5) is 29.6. The van der Waals surface area contributed by atoms with Gasteiger partial charge in [-0.25, -0.2) is 9.78 Å². The molecular weight excluding hydrogens is 244 g/mol. The van der Waals surface area contributed by atoms with Gasteiger partial charge >= 0.3 is 5.91 Å². The Morgan fingerprint density at radius 2 is 2.11 bits per heavy atom. The van der Waals surface area contributed by atoms with Crippen molar-refractivity contribution in [3.63, 3.8) is 0 Å². The van der Waals surface area contributed by atoms with Crippen molar-refractivity contribution in [3.05, 3.63) is 23.9 Å². The van der Waals surface area contributed by atoms with E-state index in [0.717, 1.165) is 5.56 Å².